The van der Waals surface area contributed by atoms with Gasteiger partial charge in [0.05, 0.1) is 18.2 Å². The third-order valence-corrected chi connectivity index (χ3v) is 3.92. The summed E-state index contributed by atoms with van der Waals surface area (Å²) in [6, 6.07) is 10.6. The first-order chi connectivity index (χ1) is 11.1. The number of benzene rings is 2. The Hall–Kier alpha value is -1.91. The van der Waals surface area contributed by atoms with Crippen LogP contribution in [0.2, 0.25) is 10.0 Å². The number of amides is 1. The van der Waals surface area contributed by atoms with Gasteiger partial charge in [-0.25, -0.2) is 0 Å². The van der Waals surface area contributed by atoms with Crippen LogP contribution in [-0.2, 0) is 6.54 Å². The number of halogens is 2. The fourth-order valence-corrected chi connectivity index (χ4v) is 2.77. The number of nitrogens with one attached hydrogen (secondary N) is 1. The van der Waals surface area contributed by atoms with Crippen molar-refractivity contribution in [2.75, 3.05) is 13.2 Å². The predicted molar refractivity (Wildman–Crippen MR) is 89.7 cm³/mol. The van der Waals surface area contributed by atoms with Crippen LogP contribution >= 0.6 is 23.2 Å². The summed E-state index contributed by atoms with van der Waals surface area (Å²) in [6.07, 6.45) is 0.779. The summed E-state index contributed by atoms with van der Waals surface area (Å²) in [5, 5.41) is 3.85. The first-order valence-electron chi connectivity index (χ1n) is 7.25. The van der Waals surface area contributed by atoms with Gasteiger partial charge in [-0.2, -0.15) is 0 Å². The highest BCUT2D eigenvalue weighted by Crippen LogP contribution is 2.37. The monoisotopic (exact) mass is 351 g/mol. The molecule has 1 N–H and O–H groups in total. The average Bonchev–Trinajstić information content (AvgIpc) is 2.78. The Morgan fingerprint density at radius 3 is 2.78 bits per heavy atom. The van der Waals surface area contributed by atoms with Crippen LogP contribution in [0.4, 0.5) is 0 Å². The Balaban J connectivity index is 1.74. The third-order valence-electron chi connectivity index (χ3n) is 3.41. The first-order valence-corrected chi connectivity index (χ1v) is 8.01. The van der Waals surface area contributed by atoms with E-state index < -0.39 is 0 Å². The molecule has 0 unspecified atom stereocenters. The molecule has 2 aromatic carbocycles. The molecule has 0 saturated heterocycles. The van der Waals surface area contributed by atoms with Gasteiger partial charge >= 0.3 is 0 Å². The molecule has 0 radical (unpaired) electrons. The first kappa shape index (κ1) is 16.0. The minimum Gasteiger partial charge on any atom is -0.489 e. The highest BCUT2D eigenvalue weighted by Gasteiger charge is 2.18. The van der Waals surface area contributed by atoms with Crippen LogP contribution in [0.15, 0.2) is 36.4 Å². The van der Waals surface area contributed by atoms with E-state index in [4.69, 9.17) is 32.7 Å². The summed E-state index contributed by atoms with van der Waals surface area (Å²) in [7, 11) is 0. The molecule has 0 spiro atoms. The lowest BCUT2D eigenvalue weighted by Crippen LogP contribution is -2.22. The maximum Gasteiger partial charge on any atom is 0.251 e. The van der Waals surface area contributed by atoms with Gasteiger partial charge in [-0.15, -0.1) is 0 Å². The number of carbonyl (C=O) groups is 1. The minimum atomic E-state index is -0.234. The standard InChI is InChI=1S/C17H15Cl2NO3/c18-13-4-1-3-11(7-13)10-20-17(21)12-8-14(19)16-15(9-12)22-5-2-6-23-16/h1,3-4,7-9H,2,5-6,10H2,(H,20,21). The maximum atomic E-state index is 12.3. The molecule has 3 rings (SSSR count). The molecule has 1 amide bonds. The Labute approximate surface area is 144 Å². The Morgan fingerprint density at radius 2 is 1.96 bits per heavy atom. The van der Waals surface area contributed by atoms with Crippen LogP contribution in [-0.4, -0.2) is 19.1 Å². The van der Waals surface area contributed by atoms with E-state index in [-0.39, 0.29) is 5.91 Å². The lowest BCUT2D eigenvalue weighted by molar-refractivity contribution is 0.0950. The zero-order chi connectivity index (χ0) is 16.2. The van der Waals surface area contributed by atoms with Crippen molar-refractivity contribution in [2.45, 2.75) is 13.0 Å². The maximum absolute atomic E-state index is 12.3. The van der Waals surface area contributed by atoms with Crippen molar-refractivity contribution in [3.05, 3.63) is 57.6 Å². The van der Waals surface area contributed by atoms with Crippen LogP contribution in [0.25, 0.3) is 0 Å². The molecule has 0 atom stereocenters. The predicted octanol–water partition coefficient (Wildman–Crippen LogP) is 4.08. The van der Waals surface area contributed by atoms with E-state index >= 15 is 0 Å². The molecule has 1 aliphatic rings. The van der Waals surface area contributed by atoms with Crippen LogP contribution in [0.1, 0.15) is 22.3 Å². The van der Waals surface area contributed by atoms with Gasteiger partial charge in [-0.3, -0.25) is 4.79 Å². The Morgan fingerprint density at radius 1 is 1.13 bits per heavy atom. The summed E-state index contributed by atoms with van der Waals surface area (Å²) in [5.41, 5.74) is 1.35. The van der Waals surface area contributed by atoms with E-state index in [0.29, 0.717) is 46.9 Å². The summed E-state index contributed by atoms with van der Waals surface area (Å²) in [6.45, 7) is 1.47. The van der Waals surface area contributed by atoms with Gasteiger partial charge in [-0.05, 0) is 29.8 Å². The van der Waals surface area contributed by atoms with Crippen LogP contribution in [0.3, 0.4) is 0 Å². The van der Waals surface area contributed by atoms with E-state index in [1.807, 2.05) is 18.2 Å². The molecule has 23 heavy (non-hydrogen) atoms. The van der Waals surface area contributed by atoms with Gasteiger partial charge in [0, 0.05) is 23.6 Å². The number of ether oxygens (including phenoxy) is 2. The number of rotatable bonds is 3. The summed E-state index contributed by atoms with van der Waals surface area (Å²) < 4.78 is 11.1. The fourth-order valence-electron chi connectivity index (χ4n) is 2.29. The van der Waals surface area contributed by atoms with Crippen molar-refractivity contribution in [3.8, 4) is 11.5 Å². The molecule has 0 fully saturated rings. The average molecular weight is 352 g/mol. The highest BCUT2D eigenvalue weighted by molar-refractivity contribution is 6.32. The quantitative estimate of drug-likeness (QED) is 0.905. The van der Waals surface area contributed by atoms with Crippen molar-refractivity contribution in [1.29, 1.82) is 0 Å². The molecular formula is C17H15Cl2NO3. The molecular weight excluding hydrogens is 337 g/mol. The zero-order valence-electron chi connectivity index (χ0n) is 12.3. The highest BCUT2D eigenvalue weighted by atomic mass is 35.5. The SMILES string of the molecule is O=C(NCc1cccc(Cl)c1)c1cc(Cl)c2c(c1)OCCCO2. The van der Waals surface area contributed by atoms with Crippen molar-refractivity contribution >= 4 is 29.1 Å². The van der Waals surface area contributed by atoms with Gasteiger partial charge in [0.15, 0.2) is 11.5 Å². The lowest BCUT2D eigenvalue weighted by atomic mass is 10.1. The molecule has 0 saturated carbocycles. The Bertz CT molecular complexity index is 734. The molecule has 1 aliphatic heterocycles. The summed E-state index contributed by atoms with van der Waals surface area (Å²) >= 11 is 12.1. The van der Waals surface area contributed by atoms with E-state index in [1.165, 1.54) is 0 Å². The van der Waals surface area contributed by atoms with E-state index in [1.54, 1.807) is 18.2 Å². The lowest BCUT2D eigenvalue weighted by Gasteiger charge is -2.12. The normalized spacial score (nSPS) is 13.3. The van der Waals surface area contributed by atoms with Crippen LogP contribution in [0.5, 0.6) is 11.5 Å². The minimum absolute atomic E-state index is 0.234. The molecule has 0 aliphatic carbocycles. The molecule has 6 heteroatoms. The second-order valence-electron chi connectivity index (χ2n) is 5.15. The zero-order valence-corrected chi connectivity index (χ0v) is 13.8. The Kier molecular flexibility index (Phi) is 4.94. The number of carbonyl (C=O) groups excluding carboxylic acids is 1. The number of fused-ring (bicyclic) bond motifs is 1. The third kappa shape index (κ3) is 3.89. The second kappa shape index (κ2) is 7.11. The molecule has 1 heterocycles. The fraction of sp³-hybridized carbons (Fsp3) is 0.235. The number of hydrogen-bond donors (Lipinski definition) is 1. The molecule has 0 bridgehead atoms. The molecule has 120 valence electrons. The van der Waals surface area contributed by atoms with Gasteiger partial charge < -0.3 is 14.8 Å². The van der Waals surface area contributed by atoms with Crippen molar-refractivity contribution in [3.63, 3.8) is 0 Å². The summed E-state index contributed by atoms with van der Waals surface area (Å²) in [5.74, 6) is 0.765. The molecule has 4 nitrogen and oxygen atoms in total. The van der Waals surface area contributed by atoms with Gasteiger partial charge in [-0.1, -0.05) is 35.3 Å². The second-order valence-corrected chi connectivity index (χ2v) is 5.99. The molecule has 2 aromatic rings. The van der Waals surface area contributed by atoms with Crippen molar-refractivity contribution < 1.29 is 14.3 Å². The van der Waals surface area contributed by atoms with E-state index in [0.717, 1.165) is 12.0 Å². The van der Waals surface area contributed by atoms with E-state index in [9.17, 15) is 4.79 Å². The van der Waals surface area contributed by atoms with Crippen LogP contribution in [0, 0.1) is 0 Å². The van der Waals surface area contributed by atoms with Crippen molar-refractivity contribution in [1.82, 2.24) is 5.32 Å². The topological polar surface area (TPSA) is 47.6 Å². The van der Waals surface area contributed by atoms with Crippen molar-refractivity contribution in [2.24, 2.45) is 0 Å². The summed E-state index contributed by atoms with van der Waals surface area (Å²) in [4.78, 5) is 12.3. The number of hydrogen-bond acceptors (Lipinski definition) is 3. The largest absolute Gasteiger partial charge is 0.489 e. The van der Waals surface area contributed by atoms with Gasteiger partial charge in [0.25, 0.3) is 5.91 Å². The molecule has 0 aromatic heterocycles. The van der Waals surface area contributed by atoms with Crippen LogP contribution < -0.4 is 14.8 Å². The van der Waals surface area contributed by atoms with E-state index in [2.05, 4.69) is 5.32 Å². The van der Waals surface area contributed by atoms with Gasteiger partial charge in [0.1, 0.15) is 0 Å². The smallest absolute Gasteiger partial charge is 0.251 e. The van der Waals surface area contributed by atoms with Gasteiger partial charge in [0.2, 0.25) is 0 Å².